The van der Waals surface area contributed by atoms with Crippen molar-refractivity contribution < 1.29 is 0 Å². The second-order valence-electron chi connectivity index (χ2n) is 4.39. The molecule has 4 atom stereocenters. The van der Waals surface area contributed by atoms with Crippen LogP contribution in [0.15, 0.2) is 0 Å². The lowest BCUT2D eigenvalue weighted by Gasteiger charge is -2.07. The molecule has 0 amide bonds. The fraction of sp³-hybridized carbons (Fsp3) is 1.00. The van der Waals surface area contributed by atoms with Crippen LogP contribution in [0.4, 0.5) is 0 Å². The van der Waals surface area contributed by atoms with Gasteiger partial charge in [0.25, 0.3) is 0 Å². The number of hydrogen-bond donors (Lipinski definition) is 0. The maximum absolute atomic E-state index is 2.38. The fourth-order valence-corrected chi connectivity index (χ4v) is 3.29. The highest BCUT2D eigenvalue weighted by atomic mass is 14.7. The Morgan fingerprint density at radius 3 is 2.78 bits per heavy atom. The highest BCUT2D eigenvalue weighted by molar-refractivity contribution is 5.18. The lowest BCUT2D eigenvalue weighted by Crippen LogP contribution is -1.97. The number of hydrogen-bond acceptors (Lipinski definition) is 0. The van der Waals surface area contributed by atoms with E-state index in [0.717, 1.165) is 5.41 Å². The third kappa shape index (κ3) is 0.395. The van der Waals surface area contributed by atoms with Gasteiger partial charge in [-0.2, -0.15) is 0 Å². The van der Waals surface area contributed by atoms with E-state index >= 15 is 0 Å². The third-order valence-electron chi connectivity index (χ3n) is 4.12. The van der Waals surface area contributed by atoms with Crippen LogP contribution in [0.3, 0.4) is 0 Å². The first kappa shape index (κ1) is 4.76. The normalized spacial score (nSPS) is 67.0. The van der Waals surface area contributed by atoms with Crippen LogP contribution in [0.2, 0.25) is 0 Å². The molecule has 4 unspecified atom stereocenters. The minimum atomic E-state index is 0.924. The second-order valence-corrected chi connectivity index (χ2v) is 4.39. The molecule has 0 bridgehead atoms. The Hall–Kier alpha value is 0. The molecule has 3 aliphatic carbocycles. The lowest BCUT2D eigenvalue weighted by atomic mass is 9.97. The molecule has 0 spiro atoms. The van der Waals surface area contributed by atoms with Gasteiger partial charge in [0.2, 0.25) is 0 Å². The Kier molecular flexibility index (Phi) is 0.574. The summed E-state index contributed by atoms with van der Waals surface area (Å²) in [5.41, 5.74) is 0.924. The molecule has 9 heavy (non-hydrogen) atoms. The summed E-state index contributed by atoms with van der Waals surface area (Å²) in [5.74, 6) is 3.65. The Balaban J connectivity index is 1.89. The summed E-state index contributed by atoms with van der Waals surface area (Å²) in [6.07, 6.45) is 6.29. The molecule has 3 rings (SSSR count). The van der Waals surface area contributed by atoms with Gasteiger partial charge in [-0.25, -0.2) is 0 Å². The molecule has 0 aromatic carbocycles. The topological polar surface area (TPSA) is 0 Å². The van der Waals surface area contributed by atoms with Crippen LogP contribution >= 0.6 is 0 Å². The van der Waals surface area contributed by atoms with Crippen molar-refractivity contribution in [2.75, 3.05) is 0 Å². The molecule has 0 aromatic heterocycles. The quantitative estimate of drug-likeness (QED) is 0.501. The zero-order valence-electron chi connectivity index (χ0n) is 6.06. The largest absolute Gasteiger partial charge is 0.0648 e. The van der Waals surface area contributed by atoms with Gasteiger partial charge in [0, 0.05) is 0 Å². The van der Waals surface area contributed by atoms with Crippen molar-refractivity contribution in [2.45, 2.75) is 32.6 Å². The maximum Gasteiger partial charge on any atom is -0.0263 e. The molecule has 0 saturated heterocycles. The van der Waals surface area contributed by atoms with E-state index in [-0.39, 0.29) is 0 Å². The van der Waals surface area contributed by atoms with Gasteiger partial charge in [-0.05, 0) is 42.4 Å². The number of fused-ring (bicyclic) bond motifs is 3. The van der Waals surface area contributed by atoms with E-state index in [9.17, 15) is 0 Å². The summed E-state index contributed by atoms with van der Waals surface area (Å²) in [7, 11) is 0. The maximum atomic E-state index is 2.38. The van der Waals surface area contributed by atoms with Crippen LogP contribution in [-0.2, 0) is 0 Å². The molecule has 3 fully saturated rings. The lowest BCUT2D eigenvalue weighted by molar-refractivity contribution is 0.428. The van der Waals surface area contributed by atoms with Crippen LogP contribution in [0.1, 0.15) is 32.6 Å². The Morgan fingerprint density at radius 1 is 1.44 bits per heavy atom. The van der Waals surface area contributed by atoms with Crippen LogP contribution in [0.25, 0.3) is 0 Å². The minimum Gasteiger partial charge on any atom is -0.0648 e. The summed E-state index contributed by atoms with van der Waals surface area (Å²) >= 11 is 0. The van der Waals surface area contributed by atoms with Crippen molar-refractivity contribution in [3.8, 4) is 0 Å². The zero-order chi connectivity index (χ0) is 6.06. The second kappa shape index (κ2) is 1.09. The van der Waals surface area contributed by atoms with Crippen LogP contribution in [0.5, 0.6) is 0 Å². The average Bonchev–Trinajstić information content (AvgIpc) is 2.72. The van der Waals surface area contributed by atoms with Crippen molar-refractivity contribution in [1.29, 1.82) is 0 Å². The van der Waals surface area contributed by atoms with Gasteiger partial charge in [-0.3, -0.25) is 0 Å². The fourth-order valence-electron chi connectivity index (χ4n) is 3.29. The van der Waals surface area contributed by atoms with Gasteiger partial charge in [0.1, 0.15) is 0 Å². The molecule has 0 radical (unpaired) electrons. The zero-order valence-corrected chi connectivity index (χ0v) is 6.06. The van der Waals surface area contributed by atoms with Gasteiger partial charge >= 0.3 is 0 Å². The van der Waals surface area contributed by atoms with Crippen molar-refractivity contribution in [3.05, 3.63) is 0 Å². The van der Waals surface area contributed by atoms with Gasteiger partial charge in [0.15, 0.2) is 0 Å². The SMILES string of the molecule is CCC12CC3CC3C1C2. The molecule has 3 aliphatic rings. The predicted molar refractivity (Wildman–Crippen MR) is 37.0 cm³/mol. The van der Waals surface area contributed by atoms with Crippen molar-refractivity contribution in [1.82, 2.24) is 0 Å². The van der Waals surface area contributed by atoms with E-state index < -0.39 is 0 Å². The summed E-state index contributed by atoms with van der Waals surface area (Å²) in [6, 6.07) is 0. The summed E-state index contributed by atoms with van der Waals surface area (Å²) < 4.78 is 0. The van der Waals surface area contributed by atoms with E-state index in [4.69, 9.17) is 0 Å². The van der Waals surface area contributed by atoms with Crippen molar-refractivity contribution in [2.24, 2.45) is 23.2 Å². The average molecular weight is 122 g/mol. The van der Waals surface area contributed by atoms with E-state index in [0.29, 0.717) is 0 Å². The molecular formula is C9H14. The molecular weight excluding hydrogens is 108 g/mol. The number of rotatable bonds is 1. The highest BCUT2D eigenvalue weighted by Gasteiger charge is 2.69. The monoisotopic (exact) mass is 122 g/mol. The molecule has 0 N–H and O–H groups in total. The predicted octanol–water partition coefficient (Wildman–Crippen LogP) is 2.44. The van der Waals surface area contributed by atoms with E-state index in [2.05, 4.69) is 6.92 Å². The smallest absolute Gasteiger partial charge is 0.0263 e. The first-order valence-electron chi connectivity index (χ1n) is 4.36. The van der Waals surface area contributed by atoms with E-state index in [1.165, 1.54) is 24.2 Å². The van der Waals surface area contributed by atoms with E-state index in [1.807, 2.05) is 0 Å². The highest BCUT2D eigenvalue weighted by Crippen LogP contribution is 2.77. The van der Waals surface area contributed by atoms with Crippen molar-refractivity contribution in [3.63, 3.8) is 0 Å². The molecule has 0 aliphatic heterocycles. The first-order chi connectivity index (χ1) is 4.36. The first-order valence-corrected chi connectivity index (χ1v) is 4.36. The van der Waals surface area contributed by atoms with Gasteiger partial charge < -0.3 is 0 Å². The van der Waals surface area contributed by atoms with Crippen LogP contribution < -0.4 is 0 Å². The molecule has 0 nitrogen and oxygen atoms in total. The molecule has 3 saturated carbocycles. The van der Waals surface area contributed by atoms with Crippen LogP contribution in [-0.4, -0.2) is 0 Å². The molecule has 50 valence electrons. The molecule has 0 aromatic rings. The third-order valence-corrected chi connectivity index (χ3v) is 4.12. The summed E-state index contributed by atoms with van der Waals surface area (Å²) in [6.45, 7) is 2.38. The van der Waals surface area contributed by atoms with Crippen LogP contribution in [0, 0.1) is 23.2 Å². The molecule has 0 heterocycles. The van der Waals surface area contributed by atoms with E-state index in [1.54, 1.807) is 19.3 Å². The van der Waals surface area contributed by atoms with Gasteiger partial charge in [-0.15, -0.1) is 0 Å². The van der Waals surface area contributed by atoms with Crippen molar-refractivity contribution >= 4 is 0 Å². The molecule has 0 heteroatoms. The Morgan fingerprint density at radius 2 is 2.33 bits per heavy atom. The van der Waals surface area contributed by atoms with Gasteiger partial charge in [0.05, 0.1) is 0 Å². The Labute approximate surface area is 56.6 Å². The standard InChI is InChI=1S/C9H14/c1-2-9-4-6-3-7(6)8(9)5-9/h6-8H,2-5H2,1H3. The van der Waals surface area contributed by atoms with Gasteiger partial charge in [-0.1, -0.05) is 13.3 Å². The summed E-state index contributed by atoms with van der Waals surface area (Å²) in [5, 5.41) is 0. The Bertz CT molecular complexity index is 161. The minimum absolute atomic E-state index is 0.924. The summed E-state index contributed by atoms with van der Waals surface area (Å²) in [4.78, 5) is 0.